The van der Waals surface area contributed by atoms with Crippen LogP contribution in [0.15, 0.2) is 77.7 Å². The quantitative estimate of drug-likeness (QED) is 0.393. The van der Waals surface area contributed by atoms with Gasteiger partial charge in [0.25, 0.3) is 17.1 Å². The Morgan fingerprint density at radius 3 is 2.42 bits per heavy atom. The molecular formula is C28H26N2O5S. The van der Waals surface area contributed by atoms with E-state index in [1.807, 2.05) is 62.4 Å². The summed E-state index contributed by atoms with van der Waals surface area (Å²) in [6.07, 6.45) is 1.67. The first-order chi connectivity index (χ1) is 17.4. The summed E-state index contributed by atoms with van der Waals surface area (Å²) in [5.74, 6) is 0.613. The molecule has 0 aliphatic carbocycles. The molecule has 1 aliphatic rings. The van der Waals surface area contributed by atoms with Gasteiger partial charge in [0.2, 0.25) is 0 Å². The number of carbonyl (C=O) groups is 3. The maximum Gasteiger partial charge on any atom is 0.293 e. The summed E-state index contributed by atoms with van der Waals surface area (Å²) in [7, 11) is 0. The maximum absolute atomic E-state index is 12.7. The standard InChI is InChI=1S/C28H26N2O5S/c1-19-8-9-20(2)24(16-19)29-26(31)18-35-23-12-10-21(11-13-23)17-25-27(32)30(28(33)36-25)14-15-34-22-6-4-3-5-7-22/h3-13,16-17H,14-15,18H2,1-2H3,(H,29,31)/b25-17-. The van der Waals surface area contributed by atoms with Crippen molar-refractivity contribution in [3.05, 3.63) is 94.4 Å². The highest BCUT2D eigenvalue weighted by atomic mass is 32.2. The van der Waals surface area contributed by atoms with Crippen LogP contribution in [0.25, 0.3) is 6.08 Å². The van der Waals surface area contributed by atoms with E-state index >= 15 is 0 Å². The van der Waals surface area contributed by atoms with E-state index < -0.39 is 0 Å². The molecule has 1 saturated heterocycles. The second kappa shape index (κ2) is 11.6. The number of nitrogens with zero attached hydrogens (tertiary/aromatic N) is 1. The van der Waals surface area contributed by atoms with Crippen molar-refractivity contribution >= 4 is 40.6 Å². The minimum Gasteiger partial charge on any atom is -0.492 e. The van der Waals surface area contributed by atoms with Crippen LogP contribution in [0.2, 0.25) is 0 Å². The summed E-state index contributed by atoms with van der Waals surface area (Å²) in [5.41, 5.74) is 3.55. The van der Waals surface area contributed by atoms with E-state index in [0.717, 1.165) is 34.1 Å². The maximum atomic E-state index is 12.7. The summed E-state index contributed by atoms with van der Waals surface area (Å²) in [6, 6.07) is 22.1. The third-order valence-corrected chi connectivity index (χ3v) is 6.32. The molecule has 0 spiro atoms. The molecule has 1 fully saturated rings. The summed E-state index contributed by atoms with van der Waals surface area (Å²) in [6.45, 7) is 4.17. The normalized spacial score (nSPS) is 14.3. The zero-order valence-electron chi connectivity index (χ0n) is 20.0. The van der Waals surface area contributed by atoms with Gasteiger partial charge in [0.15, 0.2) is 6.61 Å². The van der Waals surface area contributed by atoms with Crippen molar-refractivity contribution in [1.29, 1.82) is 0 Å². The molecule has 4 rings (SSSR count). The molecule has 1 aliphatic heterocycles. The van der Waals surface area contributed by atoms with Crippen molar-refractivity contribution in [2.45, 2.75) is 13.8 Å². The van der Waals surface area contributed by atoms with Crippen molar-refractivity contribution in [3.63, 3.8) is 0 Å². The average molecular weight is 503 g/mol. The van der Waals surface area contributed by atoms with E-state index in [4.69, 9.17) is 9.47 Å². The third-order valence-electron chi connectivity index (χ3n) is 5.42. The van der Waals surface area contributed by atoms with E-state index in [1.165, 1.54) is 4.90 Å². The highest BCUT2D eigenvalue weighted by Crippen LogP contribution is 2.32. The van der Waals surface area contributed by atoms with Crippen LogP contribution in [-0.2, 0) is 9.59 Å². The number of hydrogen-bond donors (Lipinski definition) is 1. The van der Waals surface area contributed by atoms with Gasteiger partial charge < -0.3 is 14.8 Å². The van der Waals surface area contributed by atoms with Crippen molar-refractivity contribution in [1.82, 2.24) is 4.90 Å². The van der Waals surface area contributed by atoms with Gasteiger partial charge >= 0.3 is 0 Å². The number of imide groups is 1. The number of nitrogens with one attached hydrogen (secondary N) is 1. The van der Waals surface area contributed by atoms with Gasteiger partial charge in [0, 0.05) is 5.69 Å². The average Bonchev–Trinajstić information content (AvgIpc) is 3.14. The summed E-state index contributed by atoms with van der Waals surface area (Å²) >= 11 is 0.903. The zero-order chi connectivity index (χ0) is 25.5. The number of rotatable bonds is 9. The van der Waals surface area contributed by atoms with Gasteiger partial charge in [-0.05, 0) is 78.7 Å². The number of hydrogen-bond acceptors (Lipinski definition) is 6. The first-order valence-corrected chi connectivity index (χ1v) is 12.2. The molecular weight excluding hydrogens is 476 g/mol. The van der Waals surface area contributed by atoms with Crippen molar-refractivity contribution in [2.75, 3.05) is 25.1 Å². The third kappa shape index (κ3) is 6.55. The lowest BCUT2D eigenvalue weighted by Gasteiger charge is -2.13. The minimum absolute atomic E-state index is 0.128. The Morgan fingerprint density at radius 2 is 1.67 bits per heavy atom. The number of aryl methyl sites for hydroxylation is 2. The lowest BCUT2D eigenvalue weighted by atomic mass is 10.1. The lowest BCUT2D eigenvalue weighted by Crippen LogP contribution is -2.32. The Labute approximate surface area is 214 Å². The first kappa shape index (κ1) is 25.1. The molecule has 3 aromatic carbocycles. The van der Waals surface area contributed by atoms with Crippen LogP contribution < -0.4 is 14.8 Å². The molecule has 0 unspecified atom stereocenters. The number of anilines is 1. The largest absolute Gasteiger partial charge is 0.492 e. The molecule has 8 heteroatoms. The van der Waals surface area contributed by atoms with Crippen LogP contribution in [0.3, 0.4) is 0 Å². The molecule has 0 atom stereocenters. The van der Waals surface area contributed by atoms with Crippen LogP contribution in [0, 0.1) is 13.8 Å². The van der Waals surface area contributed by atoms with E-state index in [0.29, 0.717) is 16.4 Å². The Balaban J connectivity index is 1.28. The molecule has 0 bridgehead atoms. The van der Waals surface area contributed by atoms with Gasteiger partial charge in [0.1, 0.15) is 18.1 Å². The van der Waals surface area contributed by atoms with E-state index in [9.17, 15) is 14.4 Å². The van der Waals surface area contributed by atoms with Gasteiger partial charge in [-0.15, -0.1) is 0 Å². The monoisotopic (exact) mass is 502 g/mol. The molecule has 36 heavy (non-hydrogen) atoms. The highest BCUT2D eigenvalue weighted by molar-refractivity contribution is 8.18. The summed E-state index contributed by atoms with van der Waals surface area (Å²) < 4.78 is 11.2. The van der Waals surface area contributed by atoms with Gasteiger partial charge in [-0.3, -0.25) is 19.3 Å². The van der Waals surface area contributed by atoms with Crippen LogP contribution in [0.1, 0.15) is 16.7 Å². The molecule has 1 N–H and O–H groups in total. The van der Waals surface area contributed by atoms with E-state index in [2.05, 4.69) is 5.32 Å². The van der Waals surface area contributed by atoms with Crippen LogP contribution in [0.4, 0.5) is 10.5 Å². The highest BCUT2D eigenvalue weighted by Gasteiger charge is 2.34. The van der Waals surface area contributed by atoms with Crippen LogP contribution in [-0.4, -0.2) is 41.7 Å². The lowest BCUT2D eigenvalue weighted by molar-refractivity contribution is -0.123. The number of ether oxygens (including phenoxy) is 2. The molecule has 0 radical (unpaired) electrons. The van der Waals surface area contributed by atoms with Gasteiger partial charge in [-0.1, -0.05) is 42.5 Å². The Morgan fingerprint density at radius 1 is 0.944 bits per heavy atom. The van der Waals surface area contributed by atoms with E-state index in [-0.39, 0.29) is 36.8 Å². The Hall–Kier alpha value is -4.04. The fourth-order valence-corrected chi connectivity index (χ4v) is 4.35. The van der Waals surface area contributed by atoms with Gasteiger partial charge in [-0.25, -0.2) is 0 Å². The summed E-state index contributed by atoms with van der Waals surface area (Å²) in [4.78, 5) is 38.8. The fraction of sp³-hybridized carbons (Fsp3) is 0.179. The first-order valence-electron chi connectivity index (χ1n) is 11.4. The van der Waals surface area contributed by atoms with Gasteiger partial charge in [-0.2, -0.15) is 0 Å². The topological polar surface area (TPSA) is 84.9 Å². The molecule has 1 heterocycles. The summed E-state index contributed by atoms with van der Waals surface area (Å²) in [5, 5.41) is 2.54. The number of benzene rings is 3. The minimum atomic E-state index is -0.342. The second-order valence-corrected chi connectivity index (χ2v) is 9.21. The second-order valence-electron chi connectivity index (χ2n) is 8.22. The SMILES string of the molecule is Cc1ccc(C)c(NC(=O)COc2ccc(/C=C3\SC(=O)N(CCOc4ccccc4)C3=O)cc2)c1. The van der Waals surface area contributed by atoms with Crippen LogP contribution >= 0.6 is 11.8 Å². The van der Waals surface area contributed by atoms with Crippen molar-refractivity contribution in [2.24, 2.45) is 0 Å². The van der Waals surface area contributed by atoms with Crippen LogP contribution in [0.5, 0.6) is 11.5 Å². The van der Waals surface area contributed by atoms with E-state index in [1.54, 1.807) is 30.3 Å². The Kier molecular flexibility index (Phi) is 8.07. The van der Waals surface area contributed by atoms with Crippen molar-refractivity contribution in [3.8, 4) is 11.5 Å². The molecule has 3 amide bonds. The Bertz CT molecular complexity index is 1290. The number of para-hydroxylation sites is 1. The number of thioether (sulfide) groups is 1. The fourth-order valence-electron chi connectivity index (χ4n) is 3.48. The molecule has 184 valence electrons. The zero-order valence-corrected chi connectivity index (χ0v) is 20.8. The predicted octanol–water partition coefficient (Wildman–Crippen LogP) is 5.44. The molecule has 0 saturated carbocycles. The van der Waals surface area contributed by atoms with Crippen molar-refractivity contribution < 1.29 is 23.9 Å². The molecule has 3 aromatic rings. The van der Waals surface area contributed by atoms with Gasteiger partial charge in [0.05, 0.1) is 11.4 Å². The predicted molar refractivity (Wildman–Crippen MR) is 141 cm³/mol. The smallest absolute Gasteiger partial charge is 0.293 e. The number of amides is 3. The molecule has 0 aromatic heterocycles. The molecule has 7 nitrogen and oxygen atoms in total. The number of carbonyl (C=O) groups excluding carboxylic acids is 3.